The number of benzene rings is 1. The number of cyclic esters (lactones) is 1. The predicted molar refractivity (Wildman–Crippen MR) is 76.0 cm³/mol. The highest BCUT2D eigenvalue weighted by molar-refractivity contribution is 5.81. The van der Waals surface area contributed by atoms with Gasteiger partial charge in [-0.25, -0.2) is 9.59 Å². The molecule has 2 fully saturated rings. The van der Waals surface area contributed by atoms with E-state index in [4.69, 9.17) is 9.84 Å². The van der Waals surface area contributed by atoms with Crippen LogP contribution in [0.1, 0.15) is 37.2 Å². The smallest absolute Gasteiger partial charge is 0.411 e. The molecule has 0 radical (unpaired) electrons. The third-order valence-corrected chi connectivity index (χ3v) is 4.47. The first-order chi connectivity index (χ1) is 10.2. The van der Waals surface area contributed by atoms with Crippen molar-refractivity contribution >= 4 is 12.1 Å². The third-order valence-electron chi connectivity index (χ3n) is 4.47. The van der Waals surface area contributed by atoms with Crippen molar-refractivity contribution < 1.29 is 19.4 Å². The molecule has 2 aliphatic rings. The molecular weight excluding hydrogens is 270 g/mol. The standard InChI is InChI=1S/C16H19NO4/c18-15(19)14-10-17(16(20)21-14)13-9-5-4-8-12(13)11-6-2-1-3-7-11/h1-3,6-7,12-14H,4-5,8-10H2,(H,18,19)/t12-,13+,14?/m0/s1. The zero-order valence-electron chi connectivity index (χ0n) is 11.8. The van der Waals surface area contributed by atoms with E-state index in [-0.39, 0.29) is 18.5 Å². The molecule has 1 amide bonds. The van der Waals surface area contributed by atoms with Gasteiger partial charge in [-0.3, -0.25) is 0 Å². The fourth-order valence-corrected chi connectivity index (χ4v) is 3.45. The van der Waals surface area contributed by atoms with Crippen LogP contribution < -0.4 is 0 Å². The lowest BCUT2D eigenvalue weighted by molar-refractivity contribution is -0.144. The molecule has 1 saturated carbocycles. The van der Waals surface area contributed by atoms with Crippen LogP contribution in [0.15, 0.2) is 30.3 Å². The first-order valence-corrected chi connectivity index (χ1v) is 7.42. The summed E-state index contributed by atoms with van der Waals surface area (Å²) in [5.41, 5.74) is 1.22. The molecule has 3 atom stereocenters. The van der Waals surface area contributed by atoms with Crippen molar-refractivity contribution in [3.63, 3.8) is 0 Å². The molecule has 5 nitrogen and oxygen atoms in total. The Morgan fingerprint density at radius 2 is 1.90 bits per heavy atom. The van der Waals surface area contributed by atoms with Gasteiger partial charge < -0.3 is 14.7 Å². The molecule has 1 aliphatic carbocycles. The van der Waals surface area contributed by atoms with Crippen LogP contribution in [0.5, 0.6) is 0 Å². The number of amides is 1. The summed E-state index contributed by atoms with van der Waals surface area (Å²) in [7, 11) is 0. The van der Waals surface area contributed by atoms with Gasteiger partial charge in [-0.1, -0.05) is 43.2 Å². The Labute approximate surface area is 123 Å². The molecule has 112 valence electrons. The number of carboxylic acid groups (broad SMARTS) is 1. The summed E-state index contributed by atoms with van der Waals surface area (Å²) in [6, 6.07) is 10.2. The van der Waals surface area contributed by atoms with Gasteiger partial charge in [0.15, 0.2) is 0 Å². The van der Waals surface area contributed by atoms with E-state index >= 15 is 0 Å². The third kappa shape index (κ3) is 2.73. The van der Waals surface area contributed by atoms with Crippen LogP contribution in [-0.4, -0.2) is 40.8 Å². The van der Waals surface area contributed by atoms with E-state index < -0.39 is 18.2 Å². The van der Waals surface area contributed by atoms with Crippen molar-refractivity contribution in [3.05, 3.63) is 35.9 Å². The summed E-state index contributed by atoms with van der Waals surface area (Å²) in [5.74, 6) is -0.807. The lowest BCUT2D eigenvalue weighted by Crippen LogP contribution is -2.42. The van der Waals surface area contributed by atoms with E-state index in [1.165, 1.54) is 5.56 Å². The summed E-state index contributed by atoms with van der Waals surface area (Å²) in [6.07, 6.45) is 2.61. The van der Waals surface area contributed by atoms with Gasteiger partial charge in [0.05, 0.1) is 6.54 Å². The zero-order chi connectivity index (χ0) is 14.8. The summed E-state index contributed by atoms with van der Waals surface area (Å²) in [5, 5.41) is 9.03. The van der Waals surface area contributed by atoms with Gasteiger partial charge in [0.1, 0.15) is 0 Å². The molecule has 1 aromatic rings. The maximum atomic E-state index is 12.0. The van der Waals surface area contributed by atoms with Crippen molar-refractivity contribution in [2.24, 2.45) is 0 Å². The van der Waals surface area contributed by atoms with Crippen LogP contribution >= 0.6 is 0 Å². The Balaban J connectivity index is 1.82. The molecule has 1 saturated heterocycles. The summed E-state index contributed by atoms with van der Waals surface area (Å²) in [6.45, 7) is 0.155. The van der Waals surface area contributed by atoms with E-state index in [1.807, 2.05) is 18.2 Å². The number of carboxylic acids is 1. The topological polar surface area (TPSA) is 66.8 Å². The number of nitrogens with zero attached hydrogens (tertiary/aromatic N) is 1. The maximum Gasteiger partial charge on any atom is 0.411 e. The van der Waals surface area contributed by atoms with E-state index in [1.54, 1.807) is 4.90 Å². The Hall–Kier alpha value is -2.04. The van der Waals surface area contributed by atoms with Crippen LogP contribution in [0.2, 0.25) is 0 Å². The highest BCUT2D eigenvalue weighted by Gasteiger charge is 2.43. The number of rotatable bonds is 3. The molecule has 3 rings (SSSR count). The molecule has 5 heteroatoms. The normalized spacial score (nSPS) is 29.2. The van der Waals surface area contributed by atoms with Gasteiger partial charge in [0.2, 0.25) is 6.10 Å². The van der Waals surface area contributed by atoms with Gasteiger partial charge in [0.25, 0.3) is 0 Å². The van der Waals surface area contributed by atoms with Crippen molar-refractivity contribution in [3.8, 4) is 0 Å². The quantitative estimate of drug-likeness (QED) is 0.929. The average Bonchev–Trinajstić information content (AvgIpc) is 2.90. The second kappa shape index (κ2) is 5.76. The average molecular weight is 289 g/mol. The Kier molecular flexibility index (Phi) is 3.82. The van der Waals surface area contributed by atoms with E-state index in [0.29, 0.717) is 0 Å². The highest BCUT2D eigenvalue weighted by Crippen LogP contribution is 2.37. The monoisotopic (exact) mass is 289 g/mol. The number of hydrogen-bond acceptors (Lipinski definition) is 3. The SMILES string of the molecule is O=C(O)C1CN([C@@H]2CCCC[C@H]2c2ccccc2)C(=O)O1. The van der Waals surface area contributed by atoms with Gasteiger partial charge in [-0.2, -0.15) is 0 Å². The molecule has 0 spiro atoms. The highest BCUT2D eigenvalue weighted by atomic mass is 16.6. The fourth-order valence-electron chi connectivity index (χ4n) is 3.45. The lowest BCUT2D eigenvalue weighted by atomic mass is 9.79. The van der Waals surface area contributed by atoms with Gasteiger partial charge >= 0.3 is 12.1 Å². The number of aliphatic carboxylic acids is 1. The number of hydrogen-bond donors (Lipinski definition) is 1. The van der Waals surface area contributed by atoms with Gasteiger partial charge in [-0.05, 0) is 18.4 Å². The lowest BCUT2D eigenvalue weighted by Gasteiger charge is -2.36. The minimum Gasteiger partial charge on any atom is -0.478 e. The van der Waals surface area contributed by atoms with E-state index in [2.05, 4.69) is 12.1 Å². The number of carbonyl (C=O) groups is 2. The molecule has 1 heterocycles. The van der Waals surface area contributed by atoms with Crippen LogP contribution in [0.4, 0.5) is 4.79 Å². The van der Waals surface area contributed by atoms with Gasteiger partial charge in [-0.15, -0.1) is 0 Å². The molecule has 1 aliphatic heterocycles. The number of ether oxygens (including phenoxy) is 1. The minimum atomic E-state index is -1.07. The summed E-state index contributed by atoms with van der Waals surface area (Å²) < 4.78 is 4.96. The first kappa shape index (κ1) is 13.9. The molecule has 1 N–H and O–H groups in total. The van der Waals surface area contributed by atoms with Crippen LogP contribution in [-0.2, 0) is 9.53 Å². The molecular formula is C16H19NO4. The van der Waals surface area contributed by atoms with Crippen LogP contribution in [0, 0.1) is 0 Å². The van der Waals surface area contributed by atoms with Crippen molar-refractivity contribution in [2.75, 3.05) is 6.54 Å². The van der Waals surface area contributed by atoms with Gasteiger partial charge in [0, 0.05) is 12.0 Å². The molecule has 1 unspecified atom stereocenters. The number of carbonyl (C=O) groups excluding carboxylic acids is 1. The fraction of sp³-hybridized carbons (Fsp3) is 0.500. The maximum absolute atomic E-state index is 12.0. The predicted octanol–water partition coefficient (Wildman–Crippen LogP) is 2.62. The minimum absolute atomic E-state index is 0.0398. The zero-order valence-corrected chi connectivity index (χ0v) is 11.8. The van der Waals surface area contributed by atoms with Crippen molar-refractivity contribution in [2.45, 2.75) is 43.7 Å². The Morgan fingerprint density at radius 1 is 1.19 bits per heavy atom. The van der Waals surface area contributed by atoms with E-state index in [0.717, 1.165) is 25.7 Å². The Bertz CT molecular complexity index is 530. The summed E-state index contributed by atoms with van der Waals surface area (Å²) in [4.78, 5) is 24.6. The van der Waals surface area contributed by atoms with Crippen molar-refractivity contribution in [1.82, 2.24) is 4.90 Å². The van der Waals surface area contributed by atoms with Crippen LogP contribution in [0.25, 0.3) is 0 Å². The summed E-state index contributed by atoms with van der Waals surface area (Å²) >= 11 is 0. The van der Waals surface area contributed by atoms with Crippen molar-refractivity contribution in [1.29, 1.82) is 0 Å². The molecule has 1 aromatic carbocycles. The molecule has 0 bridgehead atoms. The second-order valence-electron chi connectivity index (χ2n) is 5.73. The van der Waals surface area contributed by atoms with E-state index in [9.17, 15) is 9.59 Å². The molecule has 0 aromatic heterocycles. The first-order valence-electron chi connectivity index (χ1n) is 7.42. The molecule has 21 heavy (non-hydrogen) atoms. The largest absolute Gasteiger partial charge is 0.478 e. The second-order valence-corrected chi connectivity index (χ2v) is 5.73. The van der Waals surface area contributed by atoms with Crippen LogP contribution in [0.3, 0.4) is 0 Å². The Morgan fingerprint density at radius 3 is 2.57 bits per heavy atom.